The van der Waals surface area contributed by atoms with E-state index in [4.69, 9.17) is 15.3 Å². The summed E-state index contributed by atoms with van der Waals surface area (Å²) >= 11 is 1.69. The average molecular weight is 505 g/mol. The van der Waals surface area contributed by atoms with E-state index >= 15 is 0 Å². The lowest BCUT2D eigenvalue weighted by molar-refractivity contribution is -0.139. The maximum absolute atomic E-state index is 12.6. The van der Waals surface area contributed by atoms with Crippen molar-refractivity contribution in [1.82, 2.24) is 0 Å². The summed E-state index contributed by atoms with van der Waals surface area (Å²) in [6, 6.07) is 10.7. The van der Waals surface area contributed by atoms with Crippen molar-refractivity contribution in [2.24, 2.45) is 0 Å². The minimum absolute atomic E-state index is 0.360. The molecule has 0 saturated heterocycles. The molecular formula is C26H27F3N2O3S. The van der Waals surface area contributed by atoms with Gasteiger partial charge in [-0.2, -0.15) is 13.2 Å². The smallest absolute Gasteiger partial charge is 0.416 e. The van der Waals surface area contributed by atoms with Crippen LogP contribution in [0.5, 0.6) is 5.75 Å². The van der Waals surface area contributed by atoms with E-state index in [2.05, 4.69) is 18.1 Å². The third-order valence-electron chi connectivity index (χ3n) is 4.92. The van der Waals surface area contributed by atoms with Gasteiger partial charge >= 0.3 is 12.1 Å². The monoisotopic (exact) mass is 504 g/mol. The number of alkyl halides is 3. The maximum Gasteiger partial charge on any atom is 0.416 e. The zero-order valence-electron chi connectivity index (χ0n) is 19.2. The fraction of sp³-hybridized carbons (Fsp3) is 0.231. The van der Waals surface area contributed by atoms with Crippen LogP contribution in [-0.2, 0) is 17.4 Å². The first kappa shape index (κ1) is 27.8. The molecule has 2 aromatic carbocycles. The predicted molar refractivity (Wildman–Crippen MR) is 135 cm³/mol. The number of carboxylic acids is 1. The number of ether oxygens (including phenoxy) is 1. The number of rotatable bonds is 9. The Morgan fingerprint density at radius 2 is 1.91 bits per heavy atom. The quantitative estimate of drug-likeness (QED) is 0.254. The first-order valence-electron chi connectivity index (χ1n) is 10.7. The Kier molecular flexibility index (Phi) is 10.7. The third kappa shape index (κ3) is 9.01. The number of nitrogens with one attached hydrogen (secondary N) is 2. The summed E-state index contributed by atoms with van der Waals surface area (Å²) < 4.78 is 43.3. The highest BCUT2D eigenvalue weighted by molar-refractivity contribution is 7.99. The number of carbonyl (C=O) groups is 1. The molecule has 0 heterocycles. The van der Waals surface area contributed by atoms with E-state index in [-0.39, 0.29) is 6.61 Å². The van der Waals surface area contributed by atoms with Crippen LogP contribution in [0.4, 0.5) is 18.9 Å². The largest absolute Gasteiger partial charge is 0.482 e. The van der Waals surface area contributed by atoms with Gasteiger partial charge in [0.2, 0.25) is 0 Å². The van der Waals surface area contributed by atoms with Crippen molar-refractivity contribution < 1.29 is 27.8 Å². The predicted octanol–water partition coefficient (Wildman–Crippen LogP) is 6.97. The molecule has 0 amide bonds. The molecule has 2 aromatic rings. The standard InChI is InChI=1S/C25H24F3NO3S.CH3N/c1-2-19-13-22(11-12-23(19)32-15-24(30)31)33-16-18-5-3-17(4-6-18)14-29-21-9-7-20(8-10-21)25(26,27)28;1-2/h3,5-14,29H,2,4,15-16H2,1H3,(H,30,31);2H,1H2/b17-14-;. The molecule has 1 aliphatic rings. The van der Waals surface area contributed by atoms with Crippen LogP contribution in [-0.4, -0.2) is 30.2 Å². The van der Waals surface area contributed by atoms with E-state index in [9.17, 15) is 18.0 Å². The van der Waals surface area contributed by atoms with Crippen LogP contribution in [0.2, 0.25) is 0 Å². The minimum Gasteiger partial charge on any atom is -0.482 e. The van der Waals surface area contributed by atoms with Crippen LogP contribution in [0, 0.1) is 5.41 Å². The van der Waals surface area contributed by atoms with E-state index < -0.39 is 17.7 Å². The molecule has 0 unspecified atom stereocenters. The molecule has 0 aromatic heterocycles. The second-order valence-electron chi connectivity index (χ2n) is 7.35. The molecule has 0 atom stereocenters. The number of aliphatic carboxylic acids is 1. The average Bonchev–Trinajstić information content (AvgIpc) is 2.86. The van der Waals surface area contributed by atoms with Crippen molar-refractivity contribution in [2.45, 2.75) is 30.8 Å². The number of thioether (sulfide) groups is 1. The summed E-state index contributed by atoms with van der Waals surface area (Å²) in [6.45, 7) is 4.14. The topological polar surface area (TPSA) is 82.4 Å². The lowest BCUT2D eigenvalue weighted by atomic mass is 10.0. The maximum atomic E-state index is 12.6. The number of hydrogen-bond donors (Lipinski definition) is 3. The van der Waals surface area contributed by atoms with Crippen LogP contribution in [0.25, 0.3) is 0 Å². The summed E-state index contributed by atoms with van der Waals surface area (Å²) in [5.74, 6) is 0.375. The van der Waals surface area contributed by atoms with Gasteiger partial charge in [-0.1, -0.05) is 25.2 Å². The lowest BCUT2D eigenvalue weighted by Gasteiger charge is -2.13. The number of halogens is 3. The van der Waals surface area contributed by atoms with E-state index in [1.807, 2.05) is 37.3 Å². The van der Waals surface area contributed by atoms with Crippen LogP contribution >= 0.6 is 11.8 Å². The van der Waals surface area contributed by atoms with E-state index in [1.165, 1.54) is 17.7 Å². The van der Waals surface area contributed by atoms with Gasteiger partial charge < -0.3 is 20.6 Å². The van der Waals surface area contributed by atoms with Crippen LogP contribution < -0.4 is 10.1 Å². The summed E-state index contributed by atoms with van der Waals surface area (Å²) in [5.41, 5.74) is 3.09. The first-order valence-corrected chi connectivity index (χ1v) is 11.7. The second kappa shape index (κ2) is 13.4. The highest BCUT2D eigenvalue weighted by Crippen LogP contribution is 2.31. The van der Waals surface area contributed by atoms with Crippen molar-refractivity contribution >= 4 is 30.1 Å². The molecule has 0 fully saturated rings. The van der Waals surface area contributed by atoms with Gasteiger partial charge in [0.05, 0.1) is 5.56 Å². The Morgan fingerprint density at radius 1 is 1.20 bits per heavy atom. The van der Waals surface area contributed by atoms with E-state index in [0.29, 0.717) is 11.4 Å². The molecule has 0 saturated carbocycles. The summed E-state index contributed by atoms with van der Waals surface area (Å²) in [6.07, 6.45) is 5.07. The van der Waals surface area contributed by atoms with Crippen molar-refractivity contribution in [1.29, 1.82) is 5.41 Å². The molecule has 0 aliphatic heterocycles. The zero-order chi connectivity index (χ0) is 25.8. The fourth-order valence-corrected chi connectivity index (χ4v) is 4.05. The SMILES string of the molecule is C=N.CCc1cc(SCC2=CC/C(=C\Nc3ccc(C(F)(F)F)cc3)C=C2)ccc1OCC(=O)O. The molecule has 186 valence electrons. The van der Waals surface area contributed by atoms with Crippen LogP contribution in [0.15, 0.2) is 82.9 Å². The van der Waals surface area contributed by atoms with Gasteiger partial charge in [0.1, 0.15) is 5.75 Å². The highest BCUT2D eigenvalue weighted by atomic mass is 32.2. The normalized spacial score (nSPS) is 14.1. The summed E-state index contributed by atoms with van der Waals surface area (Å²) in [4.78, 5) is 11.8. The number of allylic oxidation sites excluding steroid dienone is 4. The van der Waals surface area contributed by atoms with Gasteiger partial charge in [0.15, 0.2) is 6.61 Å². The molecule has 35 heavy (non-hydrogen) atoms. The highest BCUT2D eigenvalue weighted by Gasteiger charge is 2.29. The number of hydrogen-bond acceptors (Lipinski definition) is 5. The molecule has 0 radical (unpaired) electrons. The minimum atomic E-state index is -4.34. The van der Waals surface area contributed by atoms with E-state index in [0.717, 1.165) is 46.8 Å². The van der Waals surface area contributed by atoms with Gasteiger partial charge in [-0.05, 0) is 78.7 Å². The molecule has 9 heteroatoms. The lowest BCUT2D eigenvalue weighted by Crippen LogP contribution is -2.10. The van der Waals surface area contributed by atoms with Gasteiger partial charge in [0, 0.05) is 22.5 Å². The van der Waals surface area contributed by atoms with Crippen molar-refractivity contribution in [3.05, 3.63) is 89.2 Å². The van der Waals surface area contributed by atoms with Gasteiger partial charge in [-0.25, -0.2) is 4.79 Å². The van der Waals surface area contributed by atoms with Gasteiger partial charge in [-0.15, -0.1) is 11.8 Å². The molecular weight excluding hydrogens is 477 g/mol. The Labute approximate surface area is 206 Å². The number of anilines is 1. The second-order valence-corrected chi connectivity index (χ2v) is 8.40. The fourth-order valence-electron chi connectivity index (χ4n) is 3.11. The van der Waals surface area contributed by atoms with Crippen molar-refractivity contribution in [3.63, 3.8) is 0 Å². The Morgan fingerprint density at radius 3 is 2.49 bits per heavy atom. The van der Waals surface area contributed by atoms with E-state index in [1.54, 1.807) is 18.0 Å². The van der Waals surface area contributed by atoms with Crippen LogP contribution in [0.1, 0.15) is 24.5 Å². The third-order valence-corrected chi connectivity index (χ3v) is 5.98. The number of aryl methyl sites for hydroxylation is 1. The molecule has 1 aliphatic carbocycles. The Hall–Kier alpha value is -3.46. The summed E-state index contributed by atoms with van der Waals surface area (Å²) in [5, 5.41) is 17.3. The Bertz CT molecular complexity index is 1090. The number of carboxylic acid groups (broad SMARTS) is 1. The van der Waals surface area contributed by atoms with Gasteiger partial charge in [-0.3, -0.25) is 0 Å². The van der Waals surface area contributed by atoms with Gasteiger partial charge in [0.25, 0.3) is 0 Å². The molecule has 3 N–H and O–H groups in total. The van der Waals surface area contributed by atoms with Crippen molar-refractivity contribution in [3.8, 4) is 5.75 Å². The molecule has 3 rings (SSSR count). The Balaban J connectivity index is 0.00000210. The summed E-state index contributed by atoms with van der Waals surface area (Å²) in [7, 11) is 0. The molecule has 0 bridgehead atoms. The zero-order valence-corrected chi connectivity index (χ0v) is 20.0. The molecule has 0 spiro atoms. The van der Waals surface area contributed by atoms with Crippen LogP contribution in [0.3, 0.4) is 0 Å². The number of benzene rings is 2. The van der Waals surface area contributed by atoms with Crippen molar-refractivity contribution in [2.75, 3.05) is 17.7 Å². The first-order chi connectivity index (χ1) is 16.7. The molecule has 5 nitrogen and oxygen atoms in total.